The lowest BCUT2D eigenvalue weighted by Crippen LogP contribution is -2.40. The van der Waals surface area contributed by atoms with Crippen molar-refractivity contribution in [3.63, 3.8) is 0 Å². The summed E-state index contributed by atoms with van der Waals surface area (Å²) < 4.78 is 0. The molecular formula is C12H24N4O. The Balaban J connectivity index is 2.50. The Labute approximate surface area is 104 Å². The van der Waals surface area contributed by atoms with Crippen LogP contribution >= 0.6 is 0 Å². The van der Waals surface area contributed by atoms with Gasteiger partial charge in [0.1, 0.15) is 0 Å². The Bertz CT molecular complexity index is 288. The standard InChI is InChI=1S/C12H24N4O/c1-10(2)9-14-12(13)16-6-4-5-15(7-8-16)11(3)17/h10H,4-9H2,1-3H3,(H2,13,14). The highest BCUT2D eigenvalue weighted by molar-refractivity contribution is 5.78. The number of aliphatic imine (C=N–C) groups is 1. The molecule has 5 nitrogen and oxygen atoms in total. The molecule has 1 amide bonds. The number of hydrogen-bond acceptors (Lipinski definition) is 2. The minimum Gasteiger partial charge on any atom is -0.370 e. The first kappa shape index (κ1) is 13.8. The van der Waals surface area contributed by atoms with Crippen molar-refractivity contribution in [3.8, 4) is 0 Å². The molecule has 0 saturated carbocycles. The van der Waals surface area contributed by atoms with E-state index in [1.54, 1.807) is 6.92 Å². The Morgan fingerprint density at radius 3 is 2.41 bits per heavy atom. The van der Waals surface area contributed by atoms with Crippen molar-refractivity contribution in [1.29, 1.82) is 0 Å². The van der Waals surface area contributed by atoms with Crippen molar-refractivity contribution in [1.82, 2.24) is 9.80 Å². The summed E-state index contributed by atoms with van der Waals surface area (Å²) in [5, 5.41) is 0. The molecule has 0 radical (unpaired) electrons. The fourth-order valence-electron chi connectivity index (χ4n) is 1.84. The molecule has 1 fully saturated rings. The summed E-state index contributed by atoms with van der Waals surface area (Å²) in [6, 6.07) is 0. The summed E-state index contributed by atoms with van der Waals surface area (Å²) in [7, 11) is 0. The van der Waals surface area contributed by atoms with Gasteiger partial charge in [-0.05, 0) is 12.3 Å². The maximum absolute atomic E-state index is 11.3. The maximum Gasteiger partial charge on any atom is 0.219 e. The summed E-state index contributed by atoms with van der Waals surface area (Å²) in [4.78, 5) is 19.6. The molecule has 1 saturated heterocycles. The fourth-order valence-corrected chi connectivity index (χ4v) is 1.84. The Morgan fingerprint density at radius 1 is 1.24 bits per heavy atom. The monoisotopic (exact) mass is 240 g/mol. The Morgan fingerprint density at radius 2 is 1.82 bits per heavy atom. The van der Waals surface area contributed by atoms with Crippen molar-refractivity contribution in [2.24, 2.45) is 16.6 Å². The topological polar surface area (TPSA) is 61.9 Å². The third-order valence-corrected chi connectivity index (χ3v) is 2.88. The largest absolute Gasteiger partial charge is 0.370 e. The van der Waals surface area contributed by atoms with E-state index >= 15 is 0 Å². The van der Waals surface area contributed by atoms with E-state index in [0.29, 0.717) is 11.9 Å². The molecule has 0 spiro atoms. The van der Waals surface area contributed by atoms with Gasteiger partial charge in [-0.25, -0.2) is 0 Å². The van der Waals surface area contributed by atoms with Crippen molar-refractivity contribution >= 4 is 11.9 Å². The molecule has 0 aromatic rings. The van der Waals surface area contributed by atoms with Crippen LogP contribution in [0.2, 0.25) is 0 Å². The predicted molar refractivity (Wildman–Crippen MR) is 69.8 cm³/mol. The average Bonchev–Trinajstić information content (AvgIpc) is 2.51. The van der Waals surface area contributed by atoms with E-state index in [2.05, 4.69) is 23.7 Å². The molecule has 0 aromatic heterocycles. The molecule has 0 unspecified atom stereocenters. The third kappa shape index (κ3) is 4.63. The quantitative estimate of drug-likeness (QED) is 0.565. The SMILES string of the molecule is CC(=O)N1CCCN(C(N)=NCC(C)C)CC1. The molecule has 1 aliphatic heterocycles. The molecule has 0 atom stereocenters. The highest BCUT2D eigenvalue weighted by Crippen LogP contribution is 2.03. The van der Waals surface area contributed by atoms with Gasteiger partial charge in [-0.15, -0.1) is 0 Å². The van der Waals surface area contributed by atoms with Gasteiger partial charge in [0.15, 0.2) is 5.96 Å². The molecule has 98 valence electrons. The summed E-state index contributed by atoms with van der Waals surface area (Å²) >= 11 is 0. The fraction of sp³-hybridized carbons (Fsp3) is 0.833. The van der Waals surface area contributed by atoms with Gasteiger partial charge >= 0.3 is 0 Å². The van der Waals surface area contributed by atoms with E-state index in [4.69, 9.17) is 5.73 Å². The molecule has 1 rings (SSSR count). The van der Waals surface area contributed by atoms with Crippen LogP contribution in [0, 0.1) is 5.92 Å². The first-order chi connectivity index (χ1) is 8.00. The molecule has 1 heterocycles. The van der Waals surface area contributed by atoms with Gasteiger partial charge in [0, 0.05) is 39.6 Å². The minimum atomic E-state index is 0.143. The van der Waals surface area contributed by atoms with Crippen molar-refractivity contribution < 1.29 is 4.79 Å². The second-order valence-electron chi connectivity index (χ2n) is 4.94. The van der Waals surface area contributed by atoms with Gasteiger partial charge < -0.3 is 15.5 Å². The Hall–Kier alpha value is -1.26. The minimum absolute atomic E-state index is 0.143. The number of nitrogens with two attached hydrogens (primary N) is 1. The van der Waals surface area contributed by atoms with Crippen LogP contribution in [0.5, 0.6) is 0 Å². The average molecular weight is 240 g/mol. The second-order valence-corrected chi connectivity index (χ2v) is 4.94. The second kappa shape index (κ2) is 6.47. The summed E-state index contributed by atoms with van der Waals surface area (Å²) in [5.41, 5.74) is 5.96. The van der Waals surface area contributed by atoms with Crippen molar-refractivity contribution in [3.05, 3.63) is 0 Å². The summed E-state index contributed by atoms with van der Waals surface area (Å²) in [6.45, 7) is 9.86. The molecule has 5 heteroatoms. The zero-order valence-corrected chi connectivity index (χ0v) is 11.1. The van der Waals surface area contributed by atoms with Crippen LogP contribution in [-0.2, 0) is 4.79 Å². The van der Waals surface area contributed by atoms with Crippen LogP contribution in [0.15, 0.2) is 4.99 Å². The number of carbonyl (C=O) groups is 1. The lowest BCUT2D eigenvalue weighted by Gasteiger charge is -2.22. The molecule has 0 aliphatic carbocycles. The number of rotatable bonds is 2. The van der Waals surface area contributed by atoms with Crippen molar-refractivity contribution in [2.45, 2.75) is 27.2 Å². The molecular weight excluding hydrogens is 216 g/mol. The lowest BCUT2D eigenvalue weighted by molar-refractivity contribution is -0.128. The number of nitrogens with zero attached hydrogens (tertiary/aromatic N) is 3. The zero-order chi connectivity index (χ0) is 12.8. The van der Waals surface area contributed by atoms with E-state index in [1.165, 1.54) is 0 Å². The first-order valence-electron chi connectivity index (χ1n) is 6.31. The highest BCUT2D eigenvalue weighted by atomic mass is 16.2. The van der Waals surface area contributed by atoms with Gasteiger partial charge in [0.25, 0.3) is 0 Å². The van der Waals surface area contributed by atoms with Gasteiger partial charge in [-0.1, -0.05) is 13.8 Å². The van der Waals surface area contributed by atoms with Crippen LogP contribution < -0.4 is 5.73 Å². The predicted octanol–water partition coefficient (Wildman–Crippen LogP) is 0.511. The molecule has 17 heavy (non-hydrogen) atoms. The number of carbonyl (C=O) groups excluding carboxylic acids is 1. The molecule has 0 aromatic carbocycles. The summed E-state index contributed by atoms with van der Waals surface area (Å²) in [5.74, 6) is 1.28. The smallest absolute Gasteiger partial charge is 0.219 e. The van der Waals surface area contributed by atoms with Crippen LogP contribution in [0.25, 0.3) is 0 Å². The van der Waals surface area contributed by atoms with E-state index < -0.39 is 0 Å². The first-order valence-corrected chi connectivity index (χ1v) is 6.31. The highest BCUT2D eigenvalue weighted by Gasteiger charge is 2.17. The molecule has 0 bridgehead atoms. The third-order valence-electron chi connectivity index (χ3n) is 2.88. The van der Waals surface area contributed by atoms with Crippen molar-refractivity contribution in [2.75, 3.05) is 32.7 Å². The van der Waals surface area contributed by atoms with Crippen LogP contribution in [0.1, 0.15) is 27.2 Å². The number of amides is 1. The van der Waals surface area contributed by atoms with E-state index in [9.17, 15) is 4.79 Å². The van der Waals surface area contributed by atoms with Gasteiger partial charge in [-0.2, -0.15) is 0 Å². The van der Waals surface area contributed by atoms with E-state index in [0.717, 1.165) is 39.1 Å². The molecule has 2 N–H and O–H groups in total. The van der Waals surface area contributed by atoms with Gasteiger partial charge in [0.05, 0.1) is 0 Å². The Kier molecular flexibility index (Phi) is 5.25. The van der Waals surface area contributed by atoms with Crippen LogP contribution in [-0.4, -0.2) is 54.4 Å². The number of guanidine groups is 1. The van der Waals surface area contributed by atoms with E-state index in [-0.39, 0.29) is 5.91 Å². The van der Waals surface area contributed by atoms with Gasteiger partial charge in [-0.3, -0.25) is 9.79 Å². The normalized spacial score (nSPS) is 18.5. The lowest BCUT2D eigenvalue weighted by atomic mass is 10.2. The number of hydrogen-bond donors (Lipinski definition) is 1. The van der Waals surface area contributed by atoms with Crippen LogP contribution in [0.3, 0.4) is 0 Å². The summed E-state index contributed by atoms with van der Waals surface area (Å²) in [6.07, 6.45) is 0.956. The maximum atomic E-state index is 11.3. The van der Waals surface area contributed by atoms with Gasteiger partial charge in [0.2, 0.25) is 5.91 Å². The zero-order valence-electron chi connectivity index (χ0n) is 11.1. The molecule has 1 aliphatic rings. The van der Waals surface area contributed by atoms with E-state index in [1.807, 2.05) is 4.90 Å². The van der Waals surface area contributed by atoms with Crippen LogP contribution in [0.4, 0.5) is 0 Å².